The summed E-state index contributed by atoms with van der Waals surface area (Å²) in [6.07, 6.45) is 0.328. The highest BCUT2D eigenvalue weighted by molar-refractivity contribution is 7.12. The molecule has 1 aromatic carbocycles. The number of hydrogen-bond acceptors (Lipinski definition) is 4. The molecule has 21 heavy (non-hydrogen) atoms. The van der Waals surface area contributed by atoms with Crippen molar-refractivity contribution in [1.82, 2.24) is 10.3 Å². The molecule has 1 unspecified atom stereocenters. The lowest BCUT2D eigenvalue weighted by atomic mass is 10.1. The Morgan fingerprint density at radius 1 is 1.43 bits per heavy atom. The predicted molar refractivity (Wildman–Crippen MR) is 87.4 cm³/mol. The van der Waals surface area contributed by atoms with Gasteiger partial charge in [-0.25, -0.2) is 4.98 Å². The van der Waals surface area contributed by atoms with Gasteiger partial charge in [-0.3, -0.25) is 4.79 Å². The summed E-state index contributed by atoms with van der Waals surface area (Å²) in [7, 11) is 0. The highest BCUT2D eigenvalue weighted by Gasteiger charge is 2.11. The summed E-state index contributed by atoms with van der Waals surface area (Å²) in [6.45, 7) is 4.27. The number of aromatic nitrogens is 1. The van der Waals surface area contributed by atoms with Crippen LogP contribution in [-0.4, -0.2) is 16.9 Å². The first kappa shape index (κ1) is 15.9. The zero-order valence-electron chi connectivity index (χ0n) is 12.0. The van der Waals surface area contributed by atoms with Crippen LogP contribution < -0.4 is 11.1 Å². The number of benzene rings is 1. The van der Waals surface area contributed by atoms with E-state index in [0.717, 1.165) is 21.1 Å². The van der Waals surface area contributed by atoms with Crippen molar-refractivity contribution >= 4 is 28.8 Å². The van der Waals surface area contributed by atoms with E-state index >= 15 is 0 Å². The van der Waals surface area contributed by atoms with E-state index in [2.05, 4.69) is 10.3 Å². The van der Waals surface area contributed by atoms with Gasteiger partial charge in [-0.05, 0) is 26.0 Å². The lowest BCUT2D eigenvalue weighted by Crippen LogP contribution is -2.29. The van der Waals surface area contributed by atoms with Gasteiger partial charge in [0.15, 0.2) is 0 Å². The summed E-state index contributed by atoms with van der Waals surface area (Å²) in [6, 6.07) is 7.46. The van der Waals surface area contributed by atoms with E-state index in [1.165, 1.54) is 0 Å². The van der Waals surface area contributed by atoms with Crippen LogP contribution >= 0.6 is 22.9 Å². The molecule has 0 spiro atoms. The van der Waals surface area contributed by atoms with Crippen LogP contribution in [0, 0.1) is 6.92 Å². The van der Waals surface area contributed by atoms with Crippen LogP contribution in [0.1, 0.15) is 23.2 Å². The molecule has 0 bridgehead atoms. The summed E-state index contributed by atoms with van der Waals surface area (Å²) >= 11 is 7.48. The van der Waals surface area contributed by atoms with Crippen LogP contribution in [0.3, 0.4) is 0 Å². The second kappa shape index (κ2) is 7.02. The molecule has 2 aromatic rings. The number of halogens is 1. The lowest BCUT2D eigenvalue weighted by Gasteiger charge is -2.05. The number of aryl methyl sites for hydroxylation is 1. The largest absolute Gasteiger partial charge is 0.350 e. The van der Waals surface area contributed by atoms with Crippen molar-refractivity contribution in [2.45, 2.75) is 32.9 Å². The molecule has 0 aliphatic carbocycles. The van der Waals surface area contributed by atoms with Crippen LogP contribution in [0.15, 0.2) is 24.3 Å². The molecule has 0 saturated carbocycles. The number of nitrogens with one attached hydrogen (secondary N) is 1. The quantitative estimate of drug-likeness (QED) is 0.888. The SMILES string of the molecule is Cc1sc(CNC(=O)CC(C)N)nc1-c1ccc(Cl)cc1. The Labute approximate surface area is 133 Å². The van der Waals surface area contributed by atoms with Crippen LogP contribution in [-0.2, 0) is 11.3 Å². The van der Waals surface area contributed by atoms with E-state index in [4.69, 9.17) is 17.3 Å². The fourth-order valence-electron chi connectivity index (χ4n) is 1.94. The number of amides is 1. The van der Waals surface area contributed by atoms with Crippen molar-refractivity contribution in [2.24, 2.45) is 5.73 Å². The summed E-state index contributed by atoms with van der Waals surface area (Å²) in [4.78, 5) is 17.3. The number of carbonyl (C=O) groups is 1. The minimum Gasteiger partial charge on any atom is -0.350 e. The molecular formula is C15H18ClN3OS. The number of nitrogens with zero attached hydrogens (tertiary/aromatic N) is 1. The van der Waals surface area contributed by atoms with Gasteiger partial charge < -0.3 is 11.1 Å². The molecule has 0 saturated heterocycles. The first-order chi connectivity index (χ1) is 9.95. The monoisotopic (exact) mass is 323 g/mol. The van der Waals surface area contributed by atoms with Crippen LogP contribution in [0.25, 0.3) is 11.3 Å². The maximum absolute atomic E-state index is 11.6. The van der Waals surface area contributed by atoms with Crippen molar-refractivity contribution in [2.75, 3.05) is 0 Å². The van der Waals surface area contributed by atoms with Crippen molar-refractivity contribution in [3.05, 3.63) is 39.2 Å². The number of nitrogens with two attached hydrogens (primary N) is 1. The summed E-state index contributed by atoms with van der Waals surface area (Å²) in [5.41, 5.74) is 7.56. The van der Waals surface area contributed by atoms with Crippen LogP contribution in [0.4, 0.5) is 0 Å². The Bertz CT molecular complexity index is 622. The van der Waals surface area contributed by atoms with E-state index in [1.807, 2.05) is 38.1 Å². The zero-order chi connectivity index (χ0) is 15.4. The van der Waals surface area contributed by atoms with E-state index < -0.39 is 0 Å². The first-order valence-electron chi connectivity index (χ1n) is 6.70. The van der Waals surface area contributed by atoms with Crippen molar-refractivity contribution in [3.8, 4) is 11.3 Å². The van der Waals surface area contributed by atoms with Gasteiger partial charge >= 0.3 is 0 Å². The standard InChI is InChI=1S/C15H18ClN3OS/c1-9(17)7-13(20)18-8-14-19-15(10(2)21-14)11-3-5-12(16)6-4-11/h3-6,9H,7-8,17H2,1-2H3,(H,18,20). The average Bonchev–Trinajstić information content (AvgIpc) is 2.78. The first-order valence-corrected chi connectivity index (χ1v) is 7.89. The molecule has 112 valence electrons. The summed E-state index contributed by atoms with van der Waals surface area (Å²) in [5.74, 6) is -0.0501. The van der Waals surface area contributed by atoms with Gasteiger partial charge in [-0.2, -0.15) is 0 Å². The Balaban J connectivity index is 2.05. The van der Waals surface area contributed by atoms with E-state index in [9.17, 15) is 4.79 Å². The Kier molecular flexibility index (Phi) is 5.33. The van der Waals surface area contributed by atoms with Gasteiger partial charge in [0.2, 0.25) is 5.91 Å². The van der Waals surface area contributed by atoms with E-state index in [-0.39, 0.29) is 11.9 Å². The third-order valence-corrected chi connectivity index (χ3v) is 4.13. The smallest absolute Gasteiger partial charge is 0.221 e. The second-order valence-electron chi connectivity index (χ2n) is 4.98. The topological polar surface area (TPSA) is 68.0 Å². The van der Waals surface area contributed by atoms with Crippen molar-refractivity contribution in [3.63, 3.8) is 0 Å². The van der Waals surface area contributed by atoms with Gasteiger partial charge in [0.05, 0.1) is 12.2 Å². The Morgan fingerprint density at radius 3 is 2.71 bits per heavy atom. The maximum Gasteiger partial charge on any atom is 0.221 e. The van der Waals surface area contributed by atoms with Gasteiger partial charge in [0.1, 0.15) is 5.01 Å². The highest BCUT2D eigenvalue weighted by atomic mass is 35.5. The molecule has 3 N–H and O–H groups in total. The maximum atomic E-state index is 11.6. The van der Waals surface area contributed by atoms with Gasteiger partial charge in [0.25, 0.3) is 0 Å². The molecule has 4 nitrogen and oxygen atoms in total. The number of thiazole rings is 1. The lowest BCUT2D eigenvalue weighted by molar-refractivity contribution is -0.121. The molecule has 2 rings (SSSR count). The molecule has 1 atom stereocenters. The molecule has 0 radical (unpaired) electrons. The van der Waals surface area contributed by atoms with Gasteiger partial charge in [-0.1, -0.05) is 23.7 Å². The highest BCUT2D eigenvalue weighted by Crippen LogP contribution is 2.28. The molecule has 0 fully saturated rings. The third-order valence-electron chi connectivity index (χ3n) is 2.90. The molecule has 0 aliphatic rings. The molecular weight excluding hydrogens is 306 g/mol. The minimum absolute atomic E-state index is 0.0501. The van der Waals surface area contributed by atoms with Gasteiger partial charge in [0, 0.05) is 27.9 Å². The second-order valence-corrected chi connectivity index (χ2v) is 6.70. The summed E-state index contributed by atoms with van der Waals surface area (Å²) < 4.78 is 0. The molecule has 1 aromatic heterocycles. The Morgan fingerprint density at radius 2 is 2.10 bits per heavy atom. The van der Waals surface area contributed by atoms with Crippen molar-refractivity contribution < 1.29 is 4.79 Å². The molecule has 1 amide bonds. The Hall–Kier alpha value is -1.43. The number of hydrogen-bond donors (Lipinski definition) is 2. The average molecular weight is 324 g/mol. The van der Waals surface area contributed by atoms with E-state index in [1.54, 1.807) is 11.3 Å². The van der Waals surface area contributed by atoms with Crippen LogP contribution in [0.5, 0.6) is 0 Å². The predicted octanol–water partition coefficient (Wildman–Crippen LogP) is 3.13. The van der Waals surface area contributed by atoms with Gasteiger partial charge in [-0.15, -0.1) is 11.3 Å². The molecule has 0 aliphatic heterocycles. The van der Waals surface area contributed by atoms with Crippen molar-refractivity contribution in [1.29, 1.82) is 0 Å². The minimum atomic E-state index is -0.132. The normalized spacial score (nSPS) is 12.2. The molecule has 1 heterocycles. The summed E-state index contributed by atoms with van der Waals surface area (Å²) in [5, 5.41) is 4.43. The van der Waals surface area contributed by atoms with E-state index in [0.29, 0.717) is 18.0 Å². The third kappa shape index (κ3) is 4.52. The fourth-order valence-corrected chi connectivity index (χ4v) is 2.96. The number of rotatable bonds is 5. The van der Waals surface area contributed by atoms with Crippen LogP contribution in [0.2, 0.25) is 5.02 Å². The zero-order valence-corrected chi connectivity index (χ0v) is 13.6. The molecule has 6 heteroatoms. The fraction of sp³-hybridized carbons (Fsp3) is 0.333. The number of carbonyl (C=O) groups excluding carboxylic acids is 1.